The highest BCUT2D eigenvalue weighted by molar-refractivity contribution is 9.10. The lowest BCUT2D eigenvalue weighted by atomic mass is 10.3. The minimum atomic E-state index is -1.25. The Kier molecular flexibility index (Phi) is 2.24. The van der Waals surface area contributed by atoms with Gasteiger partial charge in [0.2, 0.25) is 0 Å². The van der Waals surface area contributed by atoms with E-state index in [0.717, 1.165) is 11.3 Å². The summed E-state index contributed by atoms with van der Waals surface area (Å²) in [4.78, 5) is 14.2. The van der Waals surface area contributed by atoms with E-state index in [1.807, 2.05) is 0 Å². The number of aromatic nitrogens is 1. The van der Waals surface area contributed by atoms with Crippen LogP contribution < -0.4 is 0 Å². The van der Waals surface area contributed by atoms with Crippen LogP contribution in [-0.2, 0) is 0 Å². The molecule has 0 aliphatic carbocycles. The molecule has 0 saturated carbocycles. The van der Waals surface area contributed by atoms with Crippen LogP contribution in [-0.4, -0.2) is 16.1 Å². The number of fused-ring (bicyclic) bond motifs is 1. The van der Waals surface area contributed by atoms with Gasteiger partial charge in [-0.2, -0.15) is 0 Å². The summed E-state index contributed by atoms with van der Waals surface area (Å²) in [5, 5.41) is 8.96. The van der Waals surface area contributed by atoms with Crippen LogP contribution in [0.2, 0.25) is 0 Å². The van der Waals surface area contributed by atoms with Gasteiger partial charge in [0, 0.05) is 11.6 Å². The summed E-state index contributed by atoms with van der Waals surface area (Å²) < 4.78 is 14.5. The number of carboxylic acids is 1. The first-order valence-electron chi connectivity index (χ1n) is 3.56. The van der Waals surface area contributed by atoms with Gasteiger partial charge in [-0.15, -0.1) is 11.3 Å². The van der Waals surface area contributed by atoms with Crippen molar-refractivity contribution in [2.45, 2.75) is 0 Å². The molecule has 1 N–H and O–H groups in total. The quantitative estimate of drug-likeness (QED) is 0.815. The second-order valence-corrected chi connectivity index (χ2v) is 4.42. The van der Waals surface area contributed by atoms with Gasteiger partial charge in [-0.05, 0) is 22.0 Å². The van der Waals surface area contributed by atoms with E-state index in [0.29, 0.717) is 9.30 Å². The highest BCUT2D eigenvalue weighted by Gasteiger charge is 2.17. The number of rotatable bonds is 1. The van der Waals surface area contributed by atoms with E-state index in [2.05, 4.69) is 20.9 Å². The second kappa shape index (κ2) is 3.29. The zero-order chi connectivity index (χ0) is 10.3. The normalized spacial score (nSPS) is 10.7. The molecular weight excluding hydrogens is 273 g/mol. The SMILES string of the molecule is O=C(O)c1sc2cnc(Br)cc2c1F. The van der Waals surface area contributed by atoms with E-state index in [4.69, 9.17) is 5.11 Å². The Hall–Kier alpha value is -1.01. The first-order chi connectivity index (χ1) is 6.59. The maximum Gasteiger partial charge on any atom is 0.348 e. The highest BCUT2D eigenvalue weighted by atomic mass is 79.9. The highest BCUT2D eigenvalue weighted by Crippen LogP contribution is 2.30. The lowest BCUT2D eigenvalue weighted by Crippen LogP contribution is -1.94. The molecule has 0 aliphatic heterocycles. The van der Waals surface area contributed by atoms with Gasteiger partial charge in [-0.25, -0.2) is 14.2 Å². The molecule has 0 aliphatic rings. The van der Waals surface area contributed by atoms with Gasteiger partial charge in [-0.1, -0.05) is 0 Å². The predicted octanol–water partition coefficient (Wildman–Crippen LogP) is 2.90. The molecule has 0 fully saturated rings. The number of hydrogen-bond donors (Lipinski definition) is 1. The van der Waals surface area contributed by atoms with Gasteiger partial charge in [0.05, 0.1) is 4.70 Å². The molecule has 0 aromatic carbocycles. The fraction of sp³-hybridized carbons (Fsp3) is 0. The van der Waals surface area contributed by atoms with Crippen LogP contribution in [0.15, 0.2) is 16.9 Å². The topological polar surface area (TPSA) is 50.2 Å². The van der Waals surface area contributed by atoms with E-state index in [-0.39, 0.29) is 10.3 Å². The van der Waals surface area contributed by atoms with Crippen LogP contribution >= 0.6 is 27.3 Å². The van der Waals surface area contributed by atoms with Gasteiger partial charge >= 0.3 is 5.97 Å². The van der Waals surface area contributed by atoms with Crippen molar-refractivity contribution in [3.05, 3.63) is 27.6 Å². The molecule has 0 unspecified atom stereocenters. The van der Waals surface area contributed by atoms with Crippen molar-refractivity contribution in [3.8, 4) is 0 Å². The van der Waals surface area contributed by atoms with Crippen LogP contribution in [0.4, 0.5) is 4.39 Å². The van der Waals surface area contributed by atoms with Crippen LogP contribution in [0.25, 0.3) is 10.1 Å². The Labute approximate surface area is 90.3 Å². The number of thiophene rings is 1. The summed E-state index contributed by atoms with van der Waals surface area (Å²) in [7, 11) is 0. The smallest absolute Gasteiger partial charge is 0.348 e. The molecule has 2 aromatic heterocycles. The zero-order valence-electron chi connectivity index (χ0n) is 6.62. The summed E-state index contributed by atoms with van der Waals surface area (Å²) in [6.07, 6.45) is 1.44. The Bertz CT molecular complexity index is 525. The molecule has 0 spiro atoms. The Morgan fingerprint density at radius 3 is 3.00 bits per heavy atom. The van der Waals surface area contributed by atoms with Crippen LogP contribution in [0, 0.1) is 5.82 Å². The van der Waals surface area contributed by atoms with Crippen LogP contribution in [0.1, 0.15) is 9.67 Å². The van der Waals surface area contributed by atoms with Crippen molar-refractivity contribution in [2.75, 3.05) is 0 Å². The maximum absolute atomic E-state index is 13.4. The molecule has 72 valence electrons. The molecule has 2 rings (SSSR count). The number of aromatic carboxylic acids is 1. The molecular formula is C8H3BrFNO2S. The lowest BCUT2D eigenvalue weighted by molar-refractivity contribution is 0.0698. The fourth-order valence-electron chi connectivity index (χ4n) is 1.08. The average Bonchev–Trinajstić information content (AvgIpc) is 2.44. The third-order valence-corrected chi connectivity index (χ3v) is 3.21. The Balaban J connectivity index is 2.80. The number of nitrogens with zero attached hydrogens (tertiary/aromatic N) is 1. The summed E-state index contributed by atoms with van der Waals surface area (Å²) in [5.41, 5.74) is 0. The number of carbonyl (C=O) groups is 1. The molecule has 0 atom stereocenters. The summed E-state index contributed by atoms with van der Waals surface area (Å²) >= 11 is 3.98. The molecule has 0 amide bonds. The van der Waals surface area contributed by atoms with Crippen molar-refractivity contribution < 1.29 is 14.3 Å². The van der Waals surface area contributed by atoms with Crippen molar-refractivity contribution in [3.63, 3.8) is 0 Å². The third-order valence-electron chi connectivity index (χ3n) is 1.68. The van der Waals surface area contributed by atoms with Gasteiger partial charge in [-0.3, -0.25) is 0 Å². The minimum Gasteiger partial charge on any atom is -0.477 e. The first-order valence-corrected chi connectivity index (χ1v) is 5.17. The monoisotopic (exact) mass is 275 g/mol. The molecule has 0 saturated heterocycles. The fourth-order valence-corrected chi connectivity index (χ4v) is 2.29. The molecule has 0 bridgehead atoms. The van der Waals surface area contributed by atoms with Gasteiger partial charge in [0.1, 0.15) is 9.48 Å². The van der Waals surface area contributed by atoms with Crippen LogP contribution in [0.5, 0.6) is 0 Å². The number of carboxylic acid groups (broad SMARTS) is 1. The second-order valence-electron chi connectivity index (χ2n) is 2.55. The van der Waals surface area contributed by atoms with Gasteiger partial charge in [0.25, 0.3) is 0 Å². The number of pyridine rings is 1. The maximum atomic E-state index is 13.4. The average molecular weight is 276 g/mol. The van der Waals surface area contributed by atoms with Crippen molar-refractivity contribution >= 4 is 43.3 Å². The lowest BCUT2D eigenvalue weighted by Gasteiger charge is -1.89. The van der Waals surface area contributed by atoms with Crippen molar-refractivity contribution in [1.29, 1.82) is 0 Å². The zero-order valence-corrected chi connectivity index (χ0v) is 9.02. The summed E-state index contributed by atoms with van der Waals surface area (Å²) in [6, 6.07) is 1.47. The predicted molar refractivity (Wildman–Crippen MR) is 54.2 cm³/mol. The molecule has 2 heterocycles. The summed E-state index contributed by atoms with van der Waals surface area (Å²) in [6.45, 7) is 0. The van der Waals surface area contributed by atoms with Gasteiger partial charge in [0.15, 0.2) is 5.82 Å². The van der Waals surface area contributed by atoms with E-state index < -0.39 is 11.8 Å². The number of halogens is 2. The number of hydrogen-bond acceptors (Lipinski definition) is 3. The standard InChI is InChI=1S/C8H3BrFNO2S/c9-5-1-3-4(2-11-5)14-7(6(3)10)8(12)13/h1-2H,(H,12,13). The largest absolute Gasteiger partial charge is 0.477 e. The molecule has 14 heavy (non-hydrogen) atoms. The van der Waals surface area contributed by atoms with E-state index in [1.54, 1.807) is 0 Å². The molecule has 2 aromatic rings. The molecule has 0 radical (unpaired) electrons. The Morgan fingerprint density at radius 1 is 1.64 bits per heavy atom. The summed E-state index contributed by atoms with van der Waals surface area (Å²) in [5.74, 6) is -1.94. The van der Waals surface area contributed by atoms with E-state index >= 15 is 0 Å². The van der Waals surface area contributed by atoms with E-state index in [1.165, 1.54) is 12.3 Å². The van der Waals surface area contributed by atoms with Gasteiger partial charge < -0.3 is 5.11 Å². The van der Waals surface area contributed by atoms with Crippen LogP contribution in [0.3, 0.4) is 0 Å². The minimum absolute atomic E-state index is 0.278. The molecule has 3 nitrogen and oxygen atoms in total. The first kappa shape index (κ1) is 9.54. The molecule has 6 heteroatoms. The van der Waals surface area contributed by atoms with Crippen molar-refractivity contribution in [1.82, 2.24) is 4.98 Å². The van der Waals surface area contributed by atoms with E-state index in [9.17, 15) is 9.18 Å². The van der Waals surface area contributed by atoms with Crippen molar-refractivity contribution in [2.24, 2.45) is 0 Å². The third kappa shape index (κ3) is 1.40. The Morgan fingerprint density at radius 2 is 2.36 bits per heavy atom.